The number of nitrogens with zero attached hydrogens (tertiary/aromatic N) is 5. The predicted octanol–water partition coefficient (Wildman–Crippen LogP) is 6.21. The van der Waals surface area contributed by atoms with Crippen LogP contribution < -0.4 is 0 Å². The molecule has 0 radical (unpaired) electrons. The molecule has 6 heteroatoms. The molecule has 6 nitrogen and oxygen atoms in total. The Kier molecular flexibility index (Phi) is 4.50. The Labute approximate surface area is 172 Å². The van der Waals surface area contributed by atoms with Crippen LogP contribution in [0.4, 0.5) is 11.4 Å². The number of phenols is 1. The van der Waals surface area contributed by atoms with Gasteiger partial charge in [-0.25, -0.2) is 4.68 Å². The second-order valence-corrected chi connectivity index (χ2v) is 6.75. The summed E-state index contributed by atoms with van der Waals surface area (Å²) in [5.74, 6) is 0.0863. The Balaban J connectivity index is 1.69. The smallest absolute Gasteiger partial charge is 0.142 e. The van der Waals surface area contributed by atoms with Crippen LogP contribution in [0.2, 0.25) is 0 Å². The average Bonchev–Trinajstić information content (AvgIpc) is 3.23. The molecule has 0 aliphatic rings. The maximum atomic E-state index is 10.8. The molecule has 0 aliphatic carbocycles. The minimum absolute atomic E-state index is 0.0863. The largest absolute Gasteiger partial charge is 0.506 e. The van der Waals surface area contributed by atoms with E-state index in [1.807, 2.05) is 84.9 Å². The SMILES string of the molecule is Oc1cc(-c2ccccc2)c(N=Nc2ccccc2)cc1-n1nnc2ccccc21. The molecular weight excluding hydrogens is 374 g/mol. The summed E-state index contributed by atoms with van der Waals surface area (Å²) in [6, 6.07) is 30.4. The van der Waals surface area contributed by atoms with Crippen molar-refractivity contribution in [1.82, 2.24) is 15.0 Å². The van der Waals surface area contributed by atoms with Crippen LogP contribution in [0.1, 0.15) is 0 Å². The molecular formula is C24H17N5O. The molecule has 4 aromatic carbocycles. The monoisotopic (exact) mass is 391 g/mol. The van der Waals surface area contributed by atoms with Crippen molar-refractivity contribution in [1.29, 1.82) is 0 Å². The van der Waals surface area contributed by atoms with Crippen molar-refractivity contribution >= 4 is 22.4 Å². The molecule has 144 valence electrons. The van der Waals surface area contributed by atoms with E-state index < -0.39 is 0 Å². The van der Waals surface area contributed by atoms with Crippen molar-refractivity contribution in [3.63, 3.8) is 0 Å². The van der Waals surface area contributed by atoms with E-state index in [0.717, 1.165) is 27.8 Å². The van der Waals surface area contributed by atoms with Gasteiger partial charge in [0.1, 0.15) is 17.0 Å². The van der Waals surface area contributed by atoms with E-state index in [9.17, 15) is 5.11 Å². The van der Waals surface area contributed by atoms with E-state index in [0.29, 0.717) is 11.4 Å². The Hall–Kier alpha value is -4.32. The van der Waals surface area contributed by atoms with Crippen LogP contribution in [0.5, 0.6) is 5.75 Å². The van der Waals surface area contributed by atoms with Crippen LogP contribution in [0.15, 0.2) is 107 Å². The van der Waals surface area contributed by atoms with E-state index in [4.69, 9.17) is 0 Å². The van der Waals surface area contributed by atoms with E-state index in [1.165, 1.54) is 0 Å². The van der Waals surface area contributed by atoms with Gasteiger partial charge in [0.25, 0.3) is 0 Å². The molecule has 5 aromatic rings. The van der Waals surface area contributed by atoms with Gasteiger partial charge in [-0.05, 0) is 42.0 Å². The molecule has 0 aliphatic heterocycles. The highest BCUT2D eigenvalue weighted by Crippen LogP contribution is 2.38. The Morgan fingerprint density at radius 1 is 0.733 bits per heavy atom. The molecule has 0 spiro atoms. The third-order valence-electron chi connectivity index (χ3n) is 4.79. The molecule has 0 saturated heterocycles. The molecule has 0 atom stereocenters. The lowest BCUT2D eigenvalue weighted by atomic mass is 10.0. The summed E-state index contributed by atoms with van der Waals surface area (Å²) in [4.78, 5) is 0. The van der Waals surface area contributed by atoms with Gasteiger partial charge in [-0.3, -0.25) is 0 Å². The summed E-state index contributed by atoms with van der Waals surface area (Å²) in [5, 5.41) is 28.1. The molecule has 0 unspecified atom stereocenters. The summed E-state index contributed by atoms with van der Waals surface area (Å²) >= 11 is 0. The Bertz CT molecular complexity index is 1340. The molecule has 1 heterocycles. The van der Waals surface area contributed by atoms with Gasteiger partial charge in [-0.15, -0.1) is 10.2 Å². The molecule has 1 N–H and O–H groups in total. The molecule has 30 heavy (non-hydrogen) atoms. The van der Waals surface area contributed by atoms with Crippen molar-refractivity contribution in [2.75, 3.05) is 0 Å². The number of fused-ring (bicyclic) bond motifs is 1. The van der Waals surface area contributed by atoms with Crippen molar-refractivity contribution in [2.24, 2.45) is 10.2 Å². The number of azo groups is 1. The maximum absolute atomic E-state index is 10.8. The number of benzene rings is 4. The van der Waals surface area contributed by atoms with Gasteiger partial charge in [0, 0.05) is 5.56 Å². The van der Waals surface area contributed by atoms with Gasteiger partial charge in [0.05, 0.1) is 16.9 Å². The number of rotatable bonds is 4. The summed E-state index contributed by atoms with van der Waals surface area (Å²) in [5.41, 5.74) is 5.12. The minimum Gasteiger partial charge on any atom is -0.506 e. The molecule has 5 rings (SSSR count). The number of para-hydroxylation sites is 1. The fourth-order valence-electron chi connectivity index (χ4n) is 3.32. The van der Waals surface area contributed by atoms with Crippen LogP contribution in [0.25, 0.3) is 27.8 Å². The van der Waals surface area contributed by atoms with Crippen LogP contribution in [0, 0.1) is 0 Å². The molecule has 0 fully saturated rings. The first kappa shape index (κ1) is 17.8. The van der Waals surface area contributed by atoms with Gasteiger partial charge in [-0.2, -0.15) is 5.11 Å². The van der Waals surface area contributed by atoms with E-state index in [1.54, 1.807) is 16.8 Å². The second-order valence-electron chi connectivity index (χ2n) is 6.75. The van der Waals surface area contributed by atoms with Crippen molar-refractivity contribution in [3.8, 4) is 22.6 Å². The summed E-state index contributed by atoms with van der Waals surface area (Å²) in [6.45, 7) is 0. The Morgan fingerprint density at radius 3 is 2.23 bits per heavy atom. The fraction of sp³-hybridized carbons (Fsp3) is 0. The van der Waals surface area contributed by atoms with Crippen LogP contribution in [0.3, 0.4) is 0 Å². The molecule has 0 saturated carbocycles. The minimum atomic E-state index is 0.0863. The third kappa shape index (κ3) is 3.31. The van der Waals surface area contributed by atoms with Gasteiger partial charge >= 0.3 is 0 Å². The van der Waals surface area contributed by atoms with Crippen LogP contribution >= 0.6 is 0 Å². The number of hydrogen-bond acceptors (Lipinski definition) is 5. The lowest BCUT2D eigenvalue weighted by Crippen LogP contribution is -1.97. The zero-order chi connectivity index (χ0) is 20.3. The van der Waals surface area contributed by atoms with Crippen LogP contribution in [-0.2, 0) is 0 Å². The van der Waals surface area contributed by atoms with Gasteiger partial charge in [0.2, 0.25) is 0 Å². The molecule has 0 bridgehead atoms. The van der Waals surface area contributed by atoms with Gasteiger partial charge in [0.15, 0.2) is 0 Å². The van der Waals surface area contributed by atoms with Gasteiger partial charge in [-0.1, -0.05) is 65.9 Å². The summed E-state index contributed by atoms with van der Waals surface area (Å²) < 4.78 is 1.61. The molecule has 1 aromatic heterocycles. The first-order valence-electron chi connectivity index (χ1n) is 9.50. The summed E-state index contributed by atoms with van der Waals surface area (Å²) in [6.07, 6.45) is 0. The highest BCUT2D eigenvalue weighted by molar-refractivity contribution is 5.82. The zero-order valence-corrected chi connectivity index (χ0v) is 15.9. The van der Waals surface area contributed by atoms with Crippen molar-refractivity contribution in [2.45, 2.75) is 0 Å². The first-order valence-corrected chi connectivity index (χ1v) is 9.50. The highest BCUT2D eigenvalue weighted by atomic mass is 16.3. The average molecular weight is 391 g/mol. The van der Waals surface area contributed by atoms with Crippen molar-refractivity contribution in [3.05, 3.63) is 97.1 Å². The molecule has 0 amide bonds. The van der Waals surface area contributed by atoms with E-state index in [-0.39, 0.29) is 5.75 Å². The van der Waals surface area contributed by atoms with Crippen LogP contribution in [-0.4, -0.2) is 20.1 Å². The predicted molar refractivity (Wildman–Crippen MR) is 117 cm³/mol. The number of hydrogen-bond donors (Lipinski definition) is 1. The zero-order valence-electron chi connectivity index (χ0n) is 15.9. The lowest BCUT2D eigenvalue weighted by Gasteiger charge is -2.11. The standard InChI is InChI=1S/C24H17N5O/c30-24-15-19(17-9-3-1-4-10-17)21(26-25-18-11-5-2-6-12-18)16-23(24)29-22-14-8-7-13-20(22)27-28-29/h1-16,30H. The van der Waals surface area contributed by atoms with E-state index >= 15 is 0 Å². The Morgan fingerprint density at radius 2 is 1.43 bits per heavy atom. The number of phenolic OH excluding ortho intramolecular Hbond substituents is 1. The second kappa shape index (κ2) is 7.60. The first-order chi connectivity index (χ1) is 14.8. The topological polar surface area (TPSA) is 75.7 Å². The maximum Gasteiger partial charge on any atom is 0.142 e. The third-order valence-corrected chi connectivity index (χ3v) is 4.79. The van der Waals surface area contributed by atoms with Gasteiger partial charge < -0.3 is 5.11 Å². The number of aromatic nitrogens is 3. The fourth-order valence-corrected chi connectivity index (χ4v) is 3.32. The highest BCUT2D eigenvalue weighted by Gasteiger charge is 2.15. The summed E-state index contributed by atoms with van der Waals surface area (Å²) in [7, 11) is 0. The number of aromatic hydroxyl groups is 1. The normalized spacial score (nSPS) is 11.3. The lowest BCUT2D eigenvalue weighted by molar-refractivity contribution is 0.470. The van der Waals surface area contributed by atoms with E-state index in [2.05, 4.69) is 20.5 Å². The van der Waals surface area contributed by atoms with Crippen molar-refractivity contribution < 1.29 is 5.11 Å². The quantitative estimate of drug-likeness (QED) is 0.370.